The molecule has 1 saturated heterocycles. The van der Waals surface area contributed by atoms with Crippen LogP contribution in [-0.4, -0.2) is 42.1 Å². The summed E-state index contributed by atoms with van der Waals surface area (Å²) in [6, 6.07) is 10.2. The summed E-state index contributed by atoms with van der Waals surface area (Å²) in [6.07, 6.45) is 2.11. The van der Waals surface area contributed by atoms with E-state index in [4.69, 9.17) is 32.4 Å². The van der Waals surface area contributed by atoms with Crippen LogP contribution in [0.5, 0.6) is 0 Å². The van der Waals surface area contributed by atoms with Crippen LogP contribution in [0, 0.1) is 0 Å². The zero-order chi connectivity index (χ0) is 18.8. The fourth-order valence-electron chi connectivity index (χ4n) is 2.99. The summed E-state index contributed by atoms with van der Waals surface area (Å²) < 4.78 is 11.1. The van der Waals surface area contributed by atoms with Crippen molar-refractivity contribution in [3.63, 3.8) is 0 Å². The van der Waals surface area contributed by atoms with Gasteiger partial charge in [0.15, 0.2) is 5.58 Å². The summed E-state index contributed by atoms with van der Waals surface area (Å²) in [5, 5.41) is 1.00. The van der Waals surface area contributed by atoms with Crippen molar-refractivity contribution in [1.29, 1.82) is 0 Å². The molecule has 3 aromatic rings. The van der Waals surface area contributed by atoms with E-state index in [9.17, 15) is 4.79 Å². The first kappa shape index (κ1) is 18.3. The van der Waals surface area contributed by atoms with Crippen molar-refractivity contribution >= 4 is 40.3 Å². The number of hydrogen-bond donors (Lipinski definition) is 0. The Kier molecular flexibility index (Phi) is 5.34. The van der Waals surface area contributed by atoms with Crippen LogP contribution < -0.4 is 0 Å². The van der Waals surface area contributed by atoms with E-state index in [0.29, 0.717) is 44.8 Å². The maximum atomic E-state index is 12.2. The second-order valence-corrected chi connectivity index (χ2v) is 7.42. The lowest BCUT2D eigenvalue weighted by Crippen LogP contribution is -2.38. The van der Waals surface area contributed by atoms with Crippen molar-refractivity contribution in [3.8, 4) is 11.5 Å². The van der Waals surface area contributed by atoms with Crippen LogP contribution in [0.25, 0.3) is 22.6 Å². The molecule has 4 rings (SSSR count). The lowest BCUT2D eigenvalue weighted by atomic mass is 10.2. The minimum Gasteiger partial charge on any atom is -0.462 e. The smallest absolute Gasteiger partial charge is 0.338 e. The lowest BCUT2D eigenvalue weighted by molar-refractivity contribution is 0.0477. The Morgan fingerprint density at radius 2 is 1.93 bits per heavy atom. The number of hydrogen-bond acceptors (Lipinski definition) is 5. The molecule has 7 heteroatoms. The Bertz CT molecular complexity index is 962. The number of carbonyl (C=O) groups excluding carboxylic acids is 1. The predicted octanol–water partition coefficient (Wildman–Crippen LogP) is 5.05. The Labute approximate surface area is 166 Å². The van der Waals surface area contributed by atoms with Gasteiger partial charge in [0.1, 0.15) is 5.52 Å². The number of fused-ring (bicyclic) bond motifs is 1. The number of likely N-dealkylation sites (tertiary alicyclic amines) is 1. The summed E-state index contributed by atoms with van der Waals surface area (Å²) in [5.41, 5.74) is 2.28. The van der Waals surface area contributed by atoms with Crippen molar-refractivity contribution in [1.82, 2.24) is 9.88 Å². The highest BCUT2D eigenvalue weighted by Crippen LogP contribution is 2.29. The molecule has 140 valence electrons. The first-order valence-corrected chi connectivity index (χ1v) is 9.61. The molecule has 2 heterocycles. The number of halogens is 2. The second-order valence-electron chi connectivity index (χ2n) is 6.54. The molecule has 0 saturated carbocycles. The molecule has 0 radical (unpaired) electrons. The van der Waals surface area contributed by atoms with Gasteiger partial charge in [-0.15, -0.1) is 0 Å². The largest absolute Gasteiger partial charge is 0.462 e. The fraction of sp³-hybridized carbons (Fsp3) is 0.300. The fourth-order valence-corrected chi connectivity index (χ4v) is 3.52. The predicted molar refractivity (Wildman–Crippen MR) is 105 cm³/mol. The van der Waals surface area contributed by atoms with E-state index in [0.717, 1.165) is 26.1 Å². The standard InChI is InChI=1S/C20H18Cl2N2O3/c21-15-9-14(10-16(22)12-15)19-23-17-4-3-13(11-18(17)27-19)20(25)26-8-2-7-24-5-1-6-24/h3-4,9-12H,1-2,5-8H2. The van der Waals surface area contributed by atoms with Crippen molar-refractivity contribution in [2.75, 3.05) is 26.2 Å². The van der Waals surface area contributed by atoms with Crippen LogP contribution in [0.15, 0.2) is 40.8 Å². The Balaban J connectivity index is 1.46. The second kappa shape index (κ2) is 7.89. The van der Waals surface area contributed by atoms with E-state index in [1.54, 1.807) is 36.4 Å². The van der Waals surface area contributed by atoms with Gasteiger partial charge in [0.05, 0.1) is 12.2 Å². The third kappa shape index (κ3) is 4.26. The molecule has 1 aromatic heterocycles. The number of oxazole rings is 1. The molecule has 0 unspecified atom stereocenters. The maximum absolute atomic E-state index is 12.2. The molecule has 0 bridgehead atoms. The minimum absolute atomic E-state index is 0.357. The number of aromatic nitrogens is 1. The molecule has 1 fully saturated rings. The SMILES string of the molecule is O=C(OCCCN1CCC1)c1ccc2nc(-c3cc(Cl)cc(Cl)c3)oc2c1. The topological polar surface area (TPSA) is 55.6 Å². The zero-order valence-corrected chi connectivity index (χ0v) is 16.1. The molecule has 1 aliphatic heterocycles. The third-order valence-electron chi connectivity index (χ3n) is 4.53. The van der Waals surface area contributed by atoms with Gasteiger partial charge >= 0.3 is 5.97 Å². The molecule has 0 amide bonds. The molecule has 27 heavy (non-hydrogen) atoms. The van der Waals surface area contributed by atoms with Crippen LogP contribution in [0.4, 0.5) is 0 Å². The Morgan fingerprint density at radius 3 is 2.63 bits per heavy atom. The first-order chi connectivity index (χ1) is 13.1. The summed E-state index contributed by atoms with van der Waals surface area (Å²) in [6.45, 7) is 3.68. The number of esters is 1. The van der Waals surface area contributed by atoms with Gasteiger partial charge in [0, 0.05) is 22.2 Å². The van der Waals surface area contributed by atoms with E-state index in [1.807, 2.05) is 0 Å². The van der Waals surface area contributed by atoms with Gasteiger partial charge in [-0.05, 0) is 62.3 Å². The average Bonchev–Trinajstić information content (AvgIpc) is 3.02. The summed E-state index contributed by atoms with van der Waals surface area (Å²) >= 11 is 12.1. The summed E-state index contributed by atoms with van der Waals surface area (Å²) in [7, 11) is 0. The van der Waals surface area contributed by atoms with Crippen LogP contribution in [0.2, 0.25) is 10.0 Å². The minimum atomic E-state index is -0.357. The molecular formula is C20H18Cl2N2O3. The molecular weight excluding hydrogens is 387 g/mol. The van der Waals surface area contributed by atoms with E-state index < -0.39 is 0 Å². The van der Waals surface area contributed by atoms with Crippen molar-refractivity contribution in [3.05, 3.63) is 52.0 Å². The van der Waals surface area contributed by atoms with E-state index >= 15 is 0 Å². The van der Waals surface area contributed by atoms with Crippen LogP contribution in [0.1, 0.15) is 23.2 Å². The van der Waals surface area contributed by atoms with Gasteiger partial charge in [0.2, 0.25) is 5.89 Å². The molecule has 2 aromatic carbocycles. The van der Waals surface area contributed by atoms with Crippen LogP contribution in [-0.2, 0) is 4.74 Å². The lowest BCUT2D eigenvalue weighted by Gasteiger charge is -2.30. The van der Waals surface area contributed by atoms with E-state index in [1.165, 1.54) is 6.42 Å². The van der Waals surface area contributed by atoms with Gasteiger partial charge in [-0.25, -0.2) is 9.78 Å². The number of nitrogens with zero attached hydrogens (tertiary/aromatic N) is 2. The molecule has 1 aliphatic rings. The van der Waals surface area contributed by atoms with Gasteiger partial charge < -0.3 is 14.1 Å². The van der Waals surface area contributed by atoms with Gasteiger partial charge in [-0.2, -0.15) is 0 Å². The van der Waals surface area contributed by atoms with Crippen molar-refractivity contribution in [2.24, 2.45) is 0 Å². The molecule has 0 atom stereocenters. The third-order valence-corrected chi connectivity index (χ3v) is 4.97. The molecule has 5 nitrogen and oxygen atoms in total. The van der Waals surface area contributed by atoms with E-state index in [2.05, 4.69) is 9.88 Å². The normalized spacial score (nSPS) is 14.3. The summed E-state index contributed by atoms with van der Waals surface area (Å²) in [5.74, 6) is 0.0405. The Morgan fingerprint density at radius 1 is 1.15 bits per heavy atom. The Hall–Kier alpha value is -2.08. The summed E-state index contributed by atoms with van der Waals surface area (Å²) in [4.78, 5) is 19.0. The molecule has 0 spiro atoms. The number of carbonyl (C=O) groups is 1. The van der Waals surface area contributed by atoms with Gasteiger partial charge in [-0.1, -0.05) is 23.2 Å². The molecule has 0 N–H and O–H groups in total. The van der Waals surface area contributed by atoms with Gasteiger partial charge in [0.25, 0.3) is 0 Å². The highest BCUT2D eigenvalue weighted by atomic mass is 35.5. The number of ether oxygens (including phenoxy) is 1. The average molecular weight is 405 g/mol. The van der Waals surface area contributed by atoms with Gasteiger partial charge in [-0.3, -0.25) is 0 Å². The zero-order valence-electron chi connectivity index (χ0n) is 14.6. The first-order valence-electron chi connectivity index (χ1n) is 8.85. The number of rotatable bonds is 6. The monoisotopic (exact) mass is 404 g/mol. The van der Waals surface area contributed by atoms with Crippen LogP contribution in [0.3, 0.4) is 0 Å². The molecule has 0 aliphatic carbocycles. The quantitative estimate of drug-likeness (QED) is 0.424. The highest BCUT2D eigenvalue weighted by Gasteiger charge is 2.15. The highest BCUT2D eigenvalue weighted by molar-refractivity contribution is 6.35. The van der Waals surface area contributed by atoms with Crippen molar-refractivity contribution in [2.45, 2.75) is 12.8 Å². The maximum Gasteiger partial charge on any atom is 0.338 e. The van der Waals surface area contributed by atoms with Crippen molar-refractivity contribution < 1.29 is 13.9 Å². The van der Waals surface area contributed by atoms with E-state index in [-0.39, 0.29) is 5.97 Å². The van der Waals surface area contributed by atoms with Crippen LogP contribution >= 0.6 is 23.2 Å². The number of benzene rings is 2.